The molecule has 0 fully saturated rings. The topological polar surface area (TPSA) is 51.0 Å². The summed E-state index contributed by atoms with van der Waals surface area (Å²) in [7, 11) is 0. The first kappa shape index (κ1) is 12.6. The Morgan fingerprint density at radius 3 is 2.30 bits per heavy atom. The largest absolute Gasteiger partial charge is 0.343 e. The van der Waals surface area contributed by atoms with Crippen LogP contribution in [0.2, 0.25) is 0 Å². The minimum Gasteiger partial charge on any atom is -0.343 e. The number of nitrogens with one attached hydrogen (secondary N) is 1. The zero-order chi connectivity index (χ0) is 13.6. The van der Waals surface area contributed by atoms with Crippen molar-refractivity contribution in [3.05, 3.63) is 72.4 Å². The number of aromatic nitrogens is 2. The first-order chi connectivity index (χ1) is 9.92. The zero-order valence-corrected chi connectivity index (χ0v) is 11.0. The van der Waals surface area contributed by atoms with Crippen LogP contribution >= 0.6 is 0 Å². The maximum atomic E-state index is 4.68. The smallest absolute Gasteiger partial charge is 0.213 e. The fourth-order valence-corrected chi connectivity index (χ4v) is 2.03. The molecule has 1 N–H and O–H groups in total. The molecule has 0 radical (unpaired) electrons. The third kappa shape index (κ3) is 3.10. The van der Waals surface area contributed by atoms with E-state index in [0.717, 1.165) is 6.54 Å². The minimum absolute atomic E-state index is 0.608. The number of hydrogen-bond donors (Lipinski definition) is 1. The van der Waals surface area contributed by atoms with Crippen LogP contribution in [-0.4, -0.2) is 10.1 Å². The van der Waals surface area contributed by atoms with E-state index in [1.54, 1.807) is 0 Å². The Hall–Kier alpha value is -2.46. The standard InChI is InChI=1S/C16H15N3O/c1-2-4-14(5-3-1)15-8-6-13(7-9-15)10-17-11-16-18-12-20-19-16/h1-9,12,17H,10-11H2. The SMILES string of the molecule is c1ccc(-c2ccc(CNCc3ncon3)cc2)cc1. The molecule has 0 saturated heterocycles. The normalized spacial score (nSPS) is 10.6. The molecule has 1 heterocycles. The van der Waals surface area contributed by atoms with E-state index < -0.39 is 0 Å². The fraction of sp³-hybridized carbons (Fsp3) is 0.125. The lowest BCUT2D eigenvalue weighted by Gasteiger charge is -2.05. The van der Waals surface area contributed by atoms with E-state index in [1.807, 2.05) is 6.07 Å². The lowest BCUT2D eigenvalue weighted by atomic mass is 10.0. The van der Waals surface area contributed by atoms with E-state index in [1.165, 1.54) is 23.1 Å². The highest BCUT2D eigenvalue weighted by Gasteiger charge is 1.99. The molecule has 4 nitrogen and oxygen atoms in total. The first-order valence-corrected chi connectivity index (χ1v) is 6.52. The molecule has 0 aliphatic heterocycles. The summed E-state index contributed by atoms with van der Waals surface area (Å²) in [5.74, 6) is 0.672. The molecular weight excluding hydrogens is 250 g/mol. The van der Waals surface area contributed by atoms with Gasteiger partial charge in [0.15, 0.2) is 5.82 Å². The van der Waals surface area contributed by atoms with Crippen molar-refractivity contribution < 1.29 is 4.52 Å². The van der Waals surface area contributed by atoms with Crippen LogP contribution in [0.3, 0.4) is 0 Å². The predicted molar refractivity (Wildman–Crippen MR) is 76.7 cm³/mol. The van der Waals surface area contributed by atoms with Crippen molar-refractivity contribution in [1.29, 1.82) is 0 Å². The first-order valence-electron chi connectivity index (χ1n) is 6.52. The van der Waals surface area contributed by atoms with Gasteiger partial charge in [0, 0.05) is 6.54 Å². The highest BCUT2D eigenvalue weighted by Crippen LogP contribution is 2.19. The van der Waals surface area contributed by atoms with Crippen LogP contribution in [0, 0.1) is 0 Å². The van der Waals surface area contributed by atoms with Crippen molar-refractivity contribution in [1.82, 2.24) is 15.5 Å². The van der Waals surface area contributed by atoms with E-state index in [4.69, 9.17) is 0 Å². The Labute approximate surface area is 117 Å². The van der Waals surface area contributed by atoms with Gasteiger partial charge in [-0.2, -0.15) is 4.98 Å². The Balaban J connectivity index is 1.59. The van der Waals surface area contributed by atoms with Crippen LogP contribution in [0.25, 0.3) is 11.1 Å². The maximum absolute atomic E-state index is 4.68. The number of nitrogens with zero attached hydrogens (tertiary/aromatic N) is 2. The van der Waals surface area contributed by atoms with Crippen molar-refractivity contribution in [2.24, 2.45) is 0 Å². The minimum atomic E-state index is 0.608. The molecule has 3 aromatic rings. The van der Waals surface area contributed by atoms with Crippen LogP contribution in [0.15, 0.2) is 65.5 Å². The van der Waals surface area contributed by atoms with Gasteiger partial charge in [-0.25, -0.2) is 0 Å². The molecule has 3 rings (SSSR count). The number of rotatable bonds is 5. The Morgan fingerprint density at radius 2 is 1.60 bits per heavy atom. The number of hydrogen-bond acceptors (Lipinski definition) is 4. The summed E-state index contributed by atoms with van der Waals surface area (Å²) in [6.45, 7) is 1.39. The summed E-state index contributed by atoms with van der Waals surface area (Å²) in [5, 5.41) is 7.03. The molecule has 0 bridgehead atoms. The Kier molecular flexibility index (Phi) is 3.85. The van der Waals surface area contributed by atoms with Gasteiger partial charge >= 0.3 is 0 Å². The summed E-state index contributed by atoms with van der Waals surface area (Å²) < 4.78 is 4.68. The van der Waals surface area contributed by atoms with Gasteiger partial charge < -0.3 is 9.84 Å². The van der Waals surface area contributed by atoms with Gasteiger partial charge in [-0.3, -0.25) is 0 Å². The second-order valence-corrected chi connectivity index (χ2v) is 4.51. The average Bonchev–Trinajstić information content (AvgIpc) is 3.02. The average molecular weight is 265 g/mol. The summed E-state index contributed by atoms with van der Waals surface area (Å²) in [6.07, 6.45) is 1.34. The maximum Gasteiger partial charge on any atom is 0.213 e. The molecule has 100 valence electrons. The third-order valence-corrected chi connectivity index (χ3v) is 3.08. The quantitative estimate of drug-likeness (QED) is 0.770. The van der Waals surface area contributed by atoms with Crippen molar-refractivity contribution in [3.8, 4) is 11.1 Å². The molecule has 0 saturated carbocycles. The zero-order valence-electron chi connectivity index (χ0n) is 11.0. The van der Waals surface area contributed by atoms with Gasteiger partial charge in [-0.1, -0.05) is 59.8 Å². The molecule has 20 heavy (non-hydrogen) atoms. The molecule has 0 atom stereocenters. The van der Waals surface area contributed by atoms with Gasteiger partial charge in [-0.05, 0) is 16.7 Å². The Morgan fingerprint density at radius 1 is 0.850 bits per heavy atom. The summed E-state index contributed by atoms with van der Waals surface area (Å²) in [5.41, 5.74) is 3.69. The van der Waals surface area contributed by atoms with Gasteiger partial charge in [0.2, 0.25) is 6.39 Å². The van der Waals surface area contributed by atoms with E-state index in [-0.39, 0.29) is 0 Å². The van der Waals surface area contributed by atoms with Gasteiger partial charge in [-0.15, -0.1) is 0 Å². The monoisotopic (exact) mass is 265 g/mol. The second-order valence-electron chi connectivity index (χ2n) is 4.51. The van der Waals surface area contributed by atoms with Crippen molar-refractivity contribution in [2.75, 3.05) is 0 Å². The predicted octanol–water partition coefficient (Wildman–Crippen LogP) is 3.03. The lowest BCUT2D eigenvalue weighted by molar-refractivity contribution is 0.407. The molecule has 4 heteroatoms. The lowest BCUT2D eigenvalue weighted by Crippen LogP contribution is -2.13. The molecular formula is C16H15N3O. The molecule has 2 aromatic carbocycles. The van der Waals surface area contributed by atoms with Crippen LogP contribution in [0.1, 0.15) is 11.4 Å². The summed E-state index contributed by atoms with van der Waals surface area (Å²) in [4.78, 5) is 3.96. The van der Waals surface area contributed by atoms with Crippen LogP contribution < -0.4 is 5.32 Å². The van der Waals surface area contributed by atoms with Gasteiger partial charge in [0.25, 0.3) is 0 Å². The van der Waals surface area contributed by atoms with E-state index >= 15 is 0 Å². The van der Waals surface area contributed by atoms with Crippen molar-refractivity contribution >= 4 is 0 Å². The van der Waals surface area contributed by atoms with E-state index in [9.17, 15) is 0 Å². The van der Waals surface area contributed by atoms with E-state index in [2.05, 4.69) is 68.5 Å². The fourth-order valence-electron chi connectivity index (χ4n) is 2.03. The molecule has 1 aromatic heterocycles. The second kappa shape index (κ2) is 6.12. The van der Waals surface area contributed by atoms with Crippen molar-refractivity contribution in [2.45, 2.75) is 13.1 Å². The van der Waals surface area contributed by atoms with Gasteiger partial charge in [0.1, 0.15) is 0 Å². The highest BCUT2D eigenvalue weighted by atomic mass is 16.5. The molecule has 0 spiro atoms. The highest BCUT2D eigenvalue weighted by molar-refractivity contribution is 5.63. The van der Waals surface area contributed by atoms with Crippen LogP contribution in [0.5, 0.6) is 0 Å². The molecule has 0 aliphatic rings. The summed E-state index contributed by atoms with van der Waals surface area (Å²) in [6, 6.07) is 18.9. The third-order valence-electron chi connectivity index (χ3n) is 3.08. The van der Waals surface area contributed by atoms with Crippen LogP contribution in [0.4, 0.5) is 0 Å². The molecule has 0 unspecified atom stereocenters. The number of benzene rings is 2. The summed E-state index contributed by atoms with van der Waals surface area (Å²) >= 11 is 0. The van der Waals surface area contributed by atoms with Crippen molar-refractivity contribution in [3.63, 3.8) is 0 Å². The van der Waals surface area contributed by atoms with E-state index in [0.29, 0.717) is 12.4 Å². The van der Waals surface area contributed by atoms with Gasteiger partial charge in [0.05, 0.1) is 6.54 Å². The molecule has 0 aliphatic carbocycles. The van der Waals surface area contributed by atoms with Crippen LogP contribution in [-0.2, 0) is 13.1 Å². The Bertz CT molecular complexity index is 633. The molecule has 0 amide bonds.